The predicted molar refractivity (Wildman–Crippen MR) is 155 cm³/mol. The Hall–Kier alpha value is -3.16. The molecule has 3 aromatic rings. The van der Waals surface area contributed by atoms with E-state index in [1.807, 2.05) is 11.0 Å². The summed E-state index contributed by atoms with van der Waals surface area (Å²) in [4.78, 5) is 24.2. The monoisotopic (exact) mass is 502 g/mol. The van der Waals surface area contributed by atoms with Gasteiger partial charge in [0, 0.05) is 55.0 Å². The Morgan fingerprint density at radius 1 is 1.08 bits per heavy atom. The molecule has 0 radical (unpaired) electrons. The number of rotatable bonds is 10. The lowest BCUT2D eigenvalue weighted by Crippen LogP contribution is -2.54. The molecule has 3 N–H and O–H groups in total. The number of hydrogen-bond acceptors (Lipinski definition) is 6. The van der Waals surface area contributed by atoms with Gasteiger partial charge in [-0.1, -0.05) is 50.6 Å². The molecular weight excluding hydrogens is 460 g/mol. The van der Waals surface area contributed by atoms with Crippen LogP contribution in [0.2, 0.25) is 0 Å². The molecule has 2 atom stereocenters. The summed E-state index contributed by atoms with van der Waals surface area (Å²) in [5.74, 6) is 0.286. The summed E-state index contributed by atoms with van der Waals surface area (Å²) in [5.41, 5.74) is 11.5. The standard InChI is InChI=1S/C30H42N6O/c1-5-22(2)29(31)30(37)36-19-17-35(18-20-36)24-13-11-23(12-14-24)27-21-28(32-15-8-16-34(3)4)25-9-6-7-10-26(25)33-27/h6-7,9-14,21-22,29H,5,8,15-20,31H2,1-4H3,(H,32,33). The first-order valence-electron chi connectivity index (χ1n) is 13.6. The molecule has 1 amide bonds. The Labute approximate surface area is 221 Å². The SMILES string of the molecule is CCC(C)C(N)C(=O)N1CCN(c2ccc(-c3cc(NCCCN(C)C)c4ccccc4n3)cc2)CC1. The molecule has 1 saturated heterocycles. The number of pyridine rings is 1. The Morgan fingerprint density at radius 2 is 1.78 bits per heavy atom. The normalized spacial score (nSPS) is 15.7. The number of aromatic nitrogens is 1. The van der Waals surface area contributed by atoms with Crippen LogP contribution in [0.25, 0.3) is 22.2 Å². The maximum Gasteiger partial charge on any atom is 0.239 e. The van der Waals surface area contributed by atoms with Crippen LogP contribution in [0.15, 0.2) is 54.6 Å². The van der Waals surface area contributed by atoms with Crippen molar-refractivity contribution in [1.82, 2.24) is 14.8 Å². The minimum atomic E-state index is -0.405. The molecule has 0 bridgehead atoms. The second-order valence-electron chi connectivity index (χ2n) is 10.4. The van der Waals surface area contributed by atoms with Crippen molar-refractivity contribution in [3.63, 3.8) is 0 Å². The fourth-order valence-electron chi connectivity index (χ4n) is 4.82. The van der Waals surface area contributed by atoms with E-state index in [0.29, 0.717) is 13.1 Å². The molecule has 2 aromatic carbocycles. The van der Waals surface area contributed by atoms with Crippen LogP contribution in [-0.4, -0.2) is 80.1 Å². The molecule has 1 aliphatic rings. The fraction of sp³-hybridized carbons (Fsp3) is 0.467. The number of piperazine rings is 1. The number of para-hydroxylation sites is 1. The molecule has 0 spiro atoms. The van der Waals surface area contributed by atoms with E-state index in [4.69, 9.17) is 10.7 Å². The molecule has 2 unspecified atom stereocenters. The molecule has 7 nitrogen and oxygen atoms in total. The third kappa shape index (κ3) is 6.59. The summed E-state index contributed by atoms with van der Waals surface area (Å²) in [6.07, 6.45) is 2.00. The summed E-state index contributed by atoms with van der Waals surface area (Å²) < 4.78 is 0. The number of amides is 1. The van der Waals surface area contributed by atoms with E-state index in [1.54, 1.807) is 0 Å². The zero-order valence-electron chi connectivity index (χ0n) is 22.8. The average molecular weight is 503 g/mol. The van der Waals surface area contributed by atoms with Crippen LogP contribution in [0.5, 0.6) is 0 Å². The Balaban J connectivity index is 1.44. The Bertz CT molecular complexity index is 1170. The van der Waals surface area contributed by atoms with E-state index in [-0.39, 0.29) is 11.8 Å². The average Bonchev–Trinajstić information content (AvgIpc) is 2.94. The minimum Gasteiger partial charge on any atom is -0.384 e. The van der Waals surface area contributed by atoms with Crippen molar-refractivity contribution < 1.29 is 4.79 Å². The summed E-state index contributed by atoms with van der Waals surface area (Å²) in [7, 11) is 4.21. The zero-order valence-corrected chi connectivity index (χ0v) is 22.8. The molecule has 2 heterocycles. The number of nitrogens with two attached hydrogens (primary N) is 1. The lowest BCUT2D eigenvalue weighted by atomic mass is 9.98. The smallest absolute Gasteiger partial charge is 0.239 e. The van der Waals surface area contributed by atoms with Crippen LogP contribution in [0.4, 0.5) is 11.4 Å². The highest BCUT2D eigenvalue weighted by Gasteiger charge is 2.28. The third-order valence-electron chi connectivity index (χ3n) is 7.48. The largest absolute Gasteiger partial charge is 0.384 e. The molecule has 1 fully saturated rings. The van der Waals surface area contributed by atoms with Crippen molar-refractivity contribution in [2.75, 3.05) is 63.6 Å². The zero-order chi connectivity index (χ0) is 26.4. The van der Waals surface area contributed by atoms with Gasteiger partial charge >= 0.3 is 0 Å². The van der Waals surface area contributed by atoms with Crippen molar-refractivity contribution >= 4 is 28.2 Å². The number of nitrogens with one attached hydrogen (secondary N) is 1. The molecule has 0 saturated carbocycles. The molecule has 4 rings (SSSR count). The van der Waals surface area contributed by atoms with Crippen molar-refractivity contribution in [2.24, 2.45) is 11.7 Å². The van der Waals surface area contributed by atoms with Gasteiger partial charge in [0.1, 0.15) is 0 Å². The van der Waals surface area contributed by atoms with Gasteiger partial charge in [-0.15, -0.1) is 0 Å². The highest BCUT2D eigenvalue weighted by Crippen LogP contribution is 2.30. The number of anilines is 2. The third-order valence-corrected chi connectivity index (χ3v) is 7.48. The Morgan fingerprint density at radius 3 is 2.46 bits per heavy atom. The van der Waals surface area contributed by atoms with E-state index in [0.717, 1.165) is 66.9 Å². The molecule has 7 heteroatoms. The van der Waals surface area contributed by atoms with Crippen LogP contribution in [0.1, 0.15) is 26.7 Å². The number of nitrogens with zero attached hydrogens (tertiary/aromatic N) is 4. The van der Waals surface area contributed by atoms with Gasteiger partial charge in [0.15, 0.2) is 0 Å². The summed E-state index contributed by atoms with van der Waals surface area (Å²) in [6.45, 7) is 9.14. The van der Waals surface area contributed by atoms with E-state index in [2.05, 4.69) is 91.6 Å². The van der Waals surface area contributed by atoms with Gasteiger partial charge in [-0.2, -0.15) is 0 Å². The highest BCUT2D eigenvalue weighted by molar-refractivity contribution is 5.93. The van der Waals surface area contributed by atoms with Gasteiger partial charge in [-0.05, 0) is 57.2 Å². The first-order valence-corrected chi connectivity index (χ1v) is 13.6. The van der Waals surface area contributed by atoms with E-state index >= 15 is 0 Å². The van der Waals surface area contributed by atoms with Crippen molar-refractivity contribution in [3.8, 4) is 11.3 Å². The first kappa shape index (κ1) is 26.9. The molecule has 198 valence electrons. The molecule has 0 aliphatic carbocycles. The van der Waals surface area contributed by atoms with Crippen molar-refractivity contribution in [1.29, 1.82) is 0 Å². The van der Waals surface area contributed by atoms with Crippen molar-refractivity contribution in [3.05, 3.63) is 54.6 Å². The quantitative estimate of drug-likeness (QED) is 0.403. The van der Waals surface area contributed by atoms with Crippen LogP contribution in [-0.2, 0) is 4.79 Å². The van der Waals surface area contributed by atoms with Gasteiger partial charge < -0.3 is 25.8 Å². The van der Waals surface area contributed by atoms with Gasteiger partial charge in [-0.3, -0.25) is 4.79 Å². The number of benzene rings is 2. The number of hydrogen-bond donors (Lipinski definition) is 2. The maximum absolute atomic E-state index is 12.7. The molecule has 1 aliphatic heterocycles. The van der Waals surface area contributed by atoms with Gasteiger partial charge in [-0.25, -0.2) is 4.98 Å². The lowest BCUT2D eigenvalue weighted by molar-refractivity contribution is -0.134. The minimum absolute atomic E-state index is 0.0813. The number of carbonyl (C=O) groups is 1. The van der Waals surface area contributed by atoms with Gasteiger partial charge in [0.05, 0.1) is 17.3 Å². The van der Waals surface area contributed by atoms with E-state index in [1.165, 1.54) is 5.69 Å². The molecular formula is C30H42N6O. The summed E-state index contributed by atoms with van der Waals surface area (Å²) in [5, 5.41) is 4.78. The van der Waals surface area contributed by atoms with E-state index in [9.17, 15) is 4.79 Å². The van der Waals surface area contributed by atoms with Gasteiger partial charge in [0.2, 0.25) is 5.91 Å². The topological polar surface area (TPSA) is 77.7 Å². The highest BCUT2D eigenvalue weighted by atomic mass is 16.2. The Kier molecular flexibility index (Phi) is 9.00. The first-order chi connectivity index (χ1) is 17.9. The number of fused-ring (bicyclic) bond motifs is 1. The number of carbonyl (C=O) groups excluding carboxylic acids is 1. The predicted octanol–water partition coefficient (Wildman–Crippen LogP) is 4.29. The van der Waals surface area contributed by atoms with Crippen molar-refractivity contribution in [2.45, 2.75) is 32.7 Å². The van der Waals surface area contributed by atoms with Crippen LogP contribution in [0, 0.1) is 5.92 Å². The second-order valence-corrected chi connectivity index (χ2v) is 10.4. The van der Waals surface area contributed by atoms with Crippen LogP contribution < -0.4 is 16.0 Å². The van der Waals surface area contributed by atoms with Crippen LogP contribution >= 0.6 is 0 Å². The summed E-state index contributed by atoms with van der Waals surface area (Å²) >= 11 is 0. The maximum atomic E-state index is 12.7. The molecule has 37 heavy (non-hydrogen) atoms. The van der Waals surface area contributed by atoms with E-state index < -0.39 is 6.04 Å². The second kappa shape index (κ2) is 12.4. The summed E-state index contributed by atoms with van der Waals surface area (Å²) in [6, 6.07) is 18.7. The van der Waals surface area contributed by atoms with Gasteiger partial charge in [0.25, 0.3) is 0 Å². The van der Waals surface area contributed by atoms with Crippen LogP contribution in [0.3, 0.4) is 0 Å². The lowest BCUT2D eigenvalue weighted by Gasteiger charge is -2.37. The fourth-order valence-corrected chi connectivity index (χ4v) is 4.82. The molecule has 1 aromatic heterocycles.